The Bertz CT molecular complexity index is 588. The molecule has 0 aromatic heterocycles. The highest BCUT2D eigenvalue weighted by molar-refractivity contribution is 8.32. The Hall–Kier alpha value is -1.21. The fourth-order valence-electron chi connectivity index (χ4n) is 2.73. The van der Waals surface area contributed by atoms with Gasteiger partial charge in [0.15, 0.2) is 0 Å². The summed E-state index contributed by atoms with van der Waals surface area (Å²) in [6.07, 6.45) is 4.79. The lowest BCUT2D eigenvalue weighted by molar-refractivity contribution is 0.589. The second-order valence-electron chi connectivity index (χ2n) is 8.88. The maximum atomic E-state index is 2.39. The van der Waals surface area contributed by atoms with Crippen molar-refractivity contribution in [3.63, 3.8) is 0 Å². The van der Waals surface area contributed by atoms with Gasteiger partial charge in [0.2, 0.25) is 0 Å². The van der Waals surface area contributed by atoms with Crippen LogP contribution in [0.1, 0.15) is 52.7 Å². The first-order valence-corrected chi connectivity index (χ1v) is 10.8. The molecule has 0 nitrogen and oxygen atoms in total. The van der Waals surface area contributed by atoms with Gasteiger partial charge in [-0.1, -0.05) is 65.8 Å². The third kappa shape index (κ3) is 4.01. The lowest BCUT2D eigenvalue weighted by Gasteiger charge is -2.33. The van der Waals surface area contributed by atoms with Gasteiger partial charge in [-0.3, -0.25) is 0 Å². The van der Waals surface area contributed by atoms with Crippen molar-refractivity contribution in [3.05, 3.63) is 59.7 Å². The van der Waals surface area contributed by atoms with E-state index in [-0.39, 0.29) is 10.8 Å². The van der Waals surface area contributed by atoms with Crippen molar-refractivity contribution in [2.24, 2.45) is 0 Å². The fraction of sp³-hybridized carbons (Fsp3) is 0.455. The van der Waals surface area contributed by atoms with Crippen LogP contribution in [0.3, 0.4) is 0 Å². The molecule has 0 spiro atoms. The summed E-state index contributed by atoms with van der Waals surface area (Å²) in [5.74, 6) is 0. The van der Waals surface area contributed by atoms with Gasteiger partial charge in [0.05, 0.1) is 0 Å². The molecule has 1 heteroatoms. The topological polar surface area (TPSA) is 0 Å². The molecule has 0 aliphatic rings. The summed E-state index contributed by atoms with van der Waals surface area (Å²) >= 11 is 0. The molecular formula is C22H32S. The third-order valence-electron chi connectivity index (χ3n) is 4.62. The zero-order valence-corrected chi connectivity index (χ0v) is 16.8. The zero-order valence-electron chi connectivity index (χ0n) is 16.0. The van der Waals surface area contributed by atoms with Gasteiger partial charge in [0.25, 0.3) is 0 Å². The van der Waals surface area contributed by atoms with Gasteiger partial charge < -0.3 is 0 Å². The maximum Gasteiger partial charge on any atom is -0.00639 e. The molecule has 0 saturated heterocycles. The Kier molecular flexibility index (Phi) is 4.74. The van der Waals surface area contributed by atoms with E-state index in [1.54, 1.807) is 0 Å². The van der Waals surface area contributed by atoms with Crippen LogP contribution < -0.4 is 0 Å². The Labute approximate surface area is 144 Å². The van der Waals surface area contributed by atoms with E-state index >= 15 is 0 Å². The standard InChI is InChI=1S/C22H32S/c1-21(2,3)17-9-13-19(14-10-17)23(7,8)20-15-11-18(12-16-20)22(4,5)6/h9-16H,1-8H3. The van der Waals surface area contributed by atoms with Crippen molar-refractivity contribution >= 4 is 10.0 Å². The normalized spacial score (nSPS) is 13.9. The van der Waals surface area contributed by atoms with Gasteiger partial charge in [-0.25, -0.2) is 0 Å². The van der Waals surface area contributed by atoms with Gasteiger partial charge in [0, 0.05) is 0 Å². The molecule has 0 unspecified atom stereocenters. The number of benzene rings is 2. The molecule has 0 bridgehead atoms. The van der Waals surface area contributed by atoms with Crippen molar-refractivity contribution in [2.75, 3.05) is 12.5 Å². The van der Waals surface area contributed by atoms with E-state index in [4.69, 9.17) is 0 Å². The molecule has 0 aliphatic heterocycles. The number of hydrogen-bond acceptors (Lipinski definition) is 0. The molecule has 0 aliphatic carbocycles. The molecule has 0 atom stereocenters. The third-order valence-corrected chi connectivity index (χ3v) is 7.52. The van der Waals surface area contributed by atoms with Gasteiger partial charge >= 0.3 is 0 Å². The predicted molar refractivity (Wildman–Crippen MR) is 106 cm³/mol. The SMILES string of the molecule is CC(C)(C)c1ccc(S(C)(C)c2ccc(C(C)(C)C)cc2)cc1. The van der Waals surface area contributed by atoms with Crippen LogP contribution in [-0.4, -0.2) is 12.5 Å². The van der Waals surface area contributed by atoms with E-state index in [0.717, 1.165) is 0 Å². The minimum Gasteiger partial charge on any atom is -0.194 e. The van der Waals surface area contributed by atoms with Crippen molar-refractivity contribution in [1.29, 1.82) is 0 Å². The molecule has 0 fully saturated rings. The lowest BCUT2D eigenvalue weighted by Crippen LogP contribution is -2.11. The van der Waals surface area contributed by atoms with Crippen molar-refractivity contribution in [3.8, 4) is 0 Å². The highest BCUT2D eigenvalue weighted by Gasteiger charge is 2.21. The quantitative estimate of drug-likeness (QED) is 0.571. The van der Waals surface area contributed by atoms with E-state index in [2.05, 4.69) is 103 Å². The number of rotatable bonds is 2. The molecule has 2 rings (SSSR count). The maximum absolute atomic E-state index is 2.39. The zero-order chi connectivity index (χ0) is 17.5. The van der Waals surface area contributed by atoms with Crippen LogP contribution in [0.2, 0.25) is 0 Å². The van der Waals surface area contributed by atoms with Gasteiger partial charge in [-0.2, -0.15) is 10.0 Å². The minimum absolute atomic E-state index is 0.215. The summed E-state index contributed by atoms with van der Waals surface area (Å²) in [7, 11) is -0.963. The van der Waals surface area contributed by atoms with Crippen LogP contribution in [0, 0.1) is 0 Å². The van der Waals surface area contributed by atoms with Crippen molar-refractivity contribution in [2.45, 2.75) is 62.2 Å². The molecule has 23 heavy (non-hydrogen) atoms. The average Bonchev–Trinajstić information content (AvgIpc) is 2.46. The smallest absolute Gasteiger partial charge is 0.00639 e. The van der Waals surface area contributed by atoms with Crippen LogP contribution in [0.15, 0.2) is 58.3 Å². The second kappa shape index (κ2) is 6.02. The summed E-state index contributed by atoms with van der Waals surface area (Å²) in [5, 5.41) is 0. The molecule has 0 N–H and O–H groups in total. The molecule has 126 valence electrons. The van der Waals surface area contributed by atoms with E-state index < -0.39 is 10.0 Å². The van der Waals surface area contributed by atoms with Gasteiger partial charge in [-0.15, -0.1) is 0 Å². The Balaban J connectivity index is 2.34. The summed E-state index contributed by atoms with van der Waals surface area (Å²) in [4.78, 5) is 2.91. The summed E-state index contributed by atoms with van der Waals surface area (Å²) in [6.45, 7) is 13.6. The van der Waals surface area contributed by atoms with E-state index in [1.165, 1.54) is 20.9 Å². The summed E-state index contributed by atoms with van der Waals surface area (Å²) < 4.78 is 0. The largest absolute Gasteiger partial charge is 0.194 e. The monoisotopic (exact) mass is 328 g/mol. The van der Waals surface area contributed by atoms with Crippen LogP contribution >= 0.6 is 10.0 Å². The molecular weight excluding hydrogens is 296 g/mol. The lowest BCUT2D eigenvalue weighted by atomic mass is 9.87. The average molecular weight is 329 g/mol. The molecule has 2 aromatic carbocycles. The molecule has 0 radical (unpaired) electrons. The van der Waals surface area contributed by atoms with Crippen LogP contribution in [0.4, 0.5) is 0 Å². The summed E-state index contributed by atoms with van der Waals surface area (Å²) in [5.41, 5.74) is 3.23. The first kappa shape index (κ1) is 18.1. The van der Waals surface area contributed by atoms with Gasteiger partial charge in [0.1, 0.15) is 0 Å². The molecule has 2 aromatic rings. The van der Waals surface area contributed by atoms with Crippen molar-refractivity contribution in [1.82, 2.24) is 0 Å². The Morgan fingerprint density at radius 2 is 0.783 bits per heavy atom. The van der Waals surface area contributed by atoms with E-state index in [1.807, 2.05) is 0 Å². The van der Waals surface area contributed by atoms with E-state index in [0.29, 0.717) is 0 Å². The fourth-order valence-corrected chi connectivity index (χ4v) is 4.63. The molecule has 0 saturated carbocycles. The number of hydrogen-bond donors (Lipinski definition) is 0. The molecule has 0 amide bonds. The highest BCUT2D eigenvalue weighted by Crippen LogP contribution is 2.56. The highest BCUT2D eigenvalue weighted by atomic mass is 32.3. The Morgan fingerprint density at radius 1 is 0.522 bits per heavy atom. The first-order valence-electron chi connectivity index (χ1n) is 8.37. The van der Waals surface area contributed by atoms with E-state index in [9.17, 15) is 0 Å². The Morgan fingerprint density at radius 3 is 1.00 bits per heavy atom. The molecule has 0 heterocycles. The summed E-state index contributed by atoms with van der Waals surface area (Å²) in [6, 6.07) is 18.5. The second-order valence-corrected chi connectivity index (χ2v) is 12.5. The predicted octanol–water partition coefficient (Wildman–Crippen LogP) is 6.76. The van der Waals surface area contributed by atoms with Crippen molar-refractivity contribution < 1.29 is 0 Å². The van der Waals surface area contributed by atoms with Crippen LogP contribution in [0.5, 0.6) is 0 Å². The van der Waals surface area contributed by atoms with Crippen LogP contribution in [-0.2, 0) is 10.8 Å². The van der Waals surface area contributed by atoms with Gasteiger partial charge in [-0.05, 0) is 68.5 Å². The first-order chi connectivity index (χ1) is 10.4. The van der Waals surface area contributed by atoms with Crippen LogP contribution in [0.25, 0.3) is 0 Å². The minimum atomic E-state index is -0.963.